The number of fused-ring (bicyclic) bond motifs is 3. The molecule has 150 valence electrons. The van der Waals surface area contributed by atoms with Crippen LogP contribution in [0.1, 0.15) is 42.6 Å². The molecule has 1 aromatic carbocycles. The van der Waals surface area contributed by atoms with Gasteiger partial charge in [0.25, 0.3) is 0 Å². The van der Waals surface area contributed by atoms with Gasteiger partial charge in [0.15, 0.2) is 5.82 Å². The Balaban J connectivity index is 1.32. The van der Waals surface area contributed by atoms with Crippen LogP contribution >= 0.6 is 11.6 Å². The fraction of sp³-hybridized carbons (Fsp3) is 0.381. The molecule has 0 atom stereocenters. The highest BCUT2D eigenvalue weighted by atomic mass is 35.5. The smallest absolute Gasteiger partial charge is 0.213 e. The summed E-state index contributed by atoms with van der Waals surface area (Å²) in [6.07, 6.45) is 6.25. The molecule has 3 heterocycles. The molecule has 1 aliphatic heterocycles. The third-order valence-electron chi connectivity index (χ3n) is 5.79. The van der Waals surface area contributed by atoms with Crippen LogP contribution in [0.5, 0.6) is 5.88 Å². The standard InChI is InChI=1S/C21H21ClFN5O/c22-21(7-5-17(6-8-21)29-20-4-2-16(23)11-25-20)15-1-3-18-14(9-15)10-24-12-19-27-26-13-28(18)19/h1-4,9,11,13,17,24H,5-8,10,12H2. The number of halogens is 2. The topological polar surface area (TPSA) is 64.9 Å². The van der Waals surface area contributed by atoms with E-state index >= 15 is 0 Å². The third kappa shape index (κ3) is 3.60. The quantitative estimate of drug-likeness (QED) is 0.660. The molecule has 0 spiro atoms. The molecule has 2 aliphatic rings. The van der Waals surface area contributed by atoms with Crippen molar-refractivity contribution in [3.05, 3.63) is 65.6 Å². The van der Waals surface area contributed by atoms with Gasteiger partial charge in [0.05, 0.1) is 23.3 Å². The van der Waals surface area contributed by atoms with Crippen molar-refractivity contribution in [3.8, 4) is 11.6 Å². The molecule has 0 bridgehead atoms. The molecule has 0 amide bonds. The van der Waals surface area contributed by atoms with E-state index in [0.717, 1.165) is 49.3 Å². The van der Waals surface area contributed by atoms with Crippen molar-refractivity contribution < 1.29 is 9.13 Å². The van der Waals surface area contributed by atoms with E-state index in [4.69, 9.17) is 16.3 Å². The summed E-state index contributed by atoms with van der Waals surface area (Å²) in [7, 11) is 0. The van der Waals surface area contributed by atoms with Gasteiger partial charge in [0.2, 0.25) is 5.88 Å². The molecule has 29 heavy (non-hydrogen) atoms. The van der Waals surface area contributed by atoms with Gasteiger partial charge in [0.1, 0.15) is 18.2 Å². The van der Waals surface area contributed by atoms with Crippen molar-refractivity contribution in [2.75, 3.05) is 0 Å². The molecule has 1 N–H and O–H groups in total. The first-order chi connectivity index (χ1) is 14.1. The van der Waals surface area contributed by atoms with Gasteiger partial charge < -0.3 is 10.1 Å². The zero-order chi connectivity index (χ0) is 19.8. The predicted octanol–water partition coefficient (Wildman–Crippen LogP) is 3.86. The Hall–Kier alpha value is -2.51. The Bertz CT molecular complexity index is 1010. The molecule has 1 fully saturated rings. The van der Waals surface area contributed by atoms with Crippen molar-refractivity contribution in [2.45, 2.75) is 49.8 Å². The minimum Gasteiger partial charge on any atom is -0.474 e. The van der Waals surface area contributed by atoms with Gasteiger partial charge in [-0.3, -0.25) is 4.57 Å². The molecule has 2 aromatic heterocycles. The van der Waals surface area contributed by atoms with Crippen LogP contribution < -0.4 is 10.1 Å². The molecule has 8 heteroatoms. The van der Waals surface area contributed by atoms with E-state index < -0.39 is 4.87 Å². The van der Waals surface area contributed by atoms with Crippen LogP contribution in [0, 0.1) is 5.82 Å². The maximum atomic E-state index is 13.0. The predicted molar refractivity (Wildman–Crippen MR) is 107 cm³/mol. The Morgan fingerprint density at radius 1 is 1.17 bits per heavy atom. The lowest BCUT2D eigenvalue weighted by molar-refractivity contribution is 0.132. The van der Waals surface area contributed by atoms with Crippen LogP contribution in [0.2, 0.25) is 0 Å². The lowest BCUT2D eigenvalue weighted by atomic mass is 9.81. The Morgan fingerprint density at radius 3 is 2.83 bits per heavy atom. The highest BCUT2D eigenvalue weighted by Gasteiger charge is 2.36. The van der Waals surface area contributed by atoms with Crippen molar-refractivity contribution in [2.24, 2.45) is 0 Å². The van der Waals surface area contributed by atoms with E-state index in [1.165, 1.54) is 17.8 Å². The minimum atomic E-state index is -0.409. The summed E-state index contributed by atoms with van der Waals surface area (Å²) < 4.78 is 21.0. The van der Waals surface area contributed by atoms with Crippen molar-refractivity contribution in [1.82, 2.24) is 25.1 Å². The maximum absolute atomic E-state index is 13.0. The van der Waals surface area contributed by atoms with Crippen molar-refractivity contribution in [3.63, 3.8) is 0 Å². The van der Waals surface area contributed by atoms with Crippen LogP contribution in [-0.4, -0.2) is 25.9 Å². The fourth-order valence-corrected chi connectivity index (χ4v) is 4.52. The first-order valence-corrected chi connectivity index (χ1v) is 10.2. The second-order valence-corrected chi connectivity index (χ2v) is 8.38. The van der Waals surface area contributed by atoms with E-state index in [0.29, 0.717) is 12.4 Å². The molecule has 3 aromatic rings. The number of ether oxygens (including phenoxy) is 1. The number of hydrogen-bond donors (Lipinski definition) is 1. The van der Waals surface area contributed by atoms with Crippen molar-refractivity contribution >= 4 is 11.6 Å². The second kappa shape index (κ2) is 7.39. The minimum absolute atomic E-state index is 0.0434. The van der Waals surface area contributed by atoms with Gasteiger partial charge in [-0.2, -0.15) is 0 Å². The average molecular weight is 414 g/mol. The highest BCUT2D eigenvalue weighted by Crippen LogP contribution is 2.44. The van der Waals surface area contributed by atoms with Gasteiger partial charge in [0, 0.05) is 12.6 Å². The average Bonchev–Trinajstić information content (AvgIpc) is 3.13. The summed E-state index contributed by atoms with van der Waals surface area (Å²) >= 11 is 7.08. The summed E-state index contributed by atoms with van der Waals surface area (Å²) in [5.74, 6) is 1.00. The van der Waals surface area contributed by atoms with E-state index in [1.54, 1.807) is 12.4 Å². The van der Waals surface area contributed by atoms with Crippen molar-refractivity contribution in [1.29, 1.82) is 0 Å². The lowest BCUT2D eigenvalue weighted by Gasteiger charge is -2.36. The summed E-state index contributed by atoms with van der Waals surface area (Å²) in [6.45, 7) is 1.45. The number of alkyl halides is 1. The van der Waals surface area contributed by atoms with Crippen LogP contribution in [-0.2, 0) is 18.0 Å². The molecule has 0 saturated heterocycles. The van der Waals surface area contributed by atoms with Crippen LogP contribution in [0.4, 0.5) is 4.39 Å². The number of nitrogens with zero attached hydrogens (tertiary/aromatic N) is 4. The number of benzene rings is 1. The normalized spacial score (nSPS) is 23.7. The van der Waals surface area contributed by atoms with Gasteiger partial charge in [-0.25, -0.2) is 9.37 Å². The summed E-state index contributed by atoms with van der Waals surface area (Å²) in [5.41, 5.74) is 3.42. The number of pyridine rings is 1. The molecular formula is C21H21ClFN5O. The summed E-state index contributed by atoms with van der Waals surface area (Å²) in [6, 6.07) is 9.36. The Morgan fingerprint density at radius 2 is 2.03 bits per heavy atom. The van der Waals surface area contributed by atoms with Crippen LogP contribution in [0.3, 0.4) is 0 Å². The summed E-state index contributed by atoms with van der Waals surface area (Å²) in [4.78, 5) is 3.58. The Kier molecular flexibility index (Phi) is 4.72. The van der Waals surface area contributed by atoms with Crippen LogP contribution in [0.15, 0.2) is 42.9 Å². The zero-order valence-corrected chi connectivity index (χ0v) is 16.6. The fourth-order valence-electron chi connectivity index (χ4n) is 4.19. The highest BCUT2D eigenvalue weighted by molar-refractivity contribution is 6.24. The number of hydrogen-bond acceptors (Lipinski definition) is 5. The molecule has 0 unspecified atom stereocenters. The molecule has 6 nitrogen and oxygen atoms in total. The molecule has 5 rings (SSSR count). The molecule has 1 aliphatic carbocycles. The number of aromatic nitrogens is 4. The molecule has 1 saturated carbocycles. The Labute approximate surface area is 173 Å². The van der Waals surface area contributed by atoms with Crippen LogP contribution in [0.25, 0.3) is 5.69 Å². The first kappa shape index (κ1) is 18.5. The largest absolute Gasteiger partial charge is 0.474 e. The molecular weight excluding hydrogens is 393 g/mol. The summed E-state index contributed by atoms with van der Waals surface area (Å²) in [5, 5.41) is 11.6. The number of nitrogens with one attached hydrogen (secondary N) is 1. The van der Waals surface area contributed by atoms with E-state index in [2.05, 4.69) is 38.7 Å². The van der Waals surface area contributed by atoms with Gasteiger partial charge >= 0.3 is 0 Å². The van der Waals surface area contributed by atoms with Gasteiger partial charge in [-0.1, -0.05) is 12.1 Å². The van der Waals surface area contributed by atoms with E-state index in [-0.39, 0.29) is 11.9 Å². The van der Waals surface area contributed by atoms with E-state index in [9.17, 15) is 4.39 Å². The first-order valence-electron chi connectivity index (χ1n) is 9.81. The van der Waals surface area contributed by atoms with E-state index in [1.807, 2.05) is 4.57 Å². The SMILES string of the molecule is Fc1ccc(OC2CCC(Cl)(c3ccc4c(c3)CNCc3nncn3-4)CC2)nc1. The molecule has 0 radical (unpaired) electrons. The number of rotatable bonds is 3. The zero-order valence-electron chi connectivity index (χ0n) is 15.8. The second-order valence-electron chi connectivity index (χ2n) is 7.66. The van der Waals surface area contributed by atoms with Gasteiger partial charge in [-0.15, -0.1) is 21.8 Å². The maximum Gasteiger partial charge on any atom is 0.213 e. The monoisotopic (exact) mass is 413 g/mol. The lowest BCUT2D eigenvalue weighted by Crippen LogP contribution is -2.32. The van der Waals surface area contributed by atoms with Gasteiger partial charge in [-0.05, 0) is 48.9 Å². The third-order valence-corrected chi connectivity index (χ3v) is 6.38.